The van der Waals surface area contributed by atoms with Crippen molar-refractivity contribution in [3.63, 3.8) is 0 Å². The Morgan fingerprint density at radius 1 is 1.55 bits per heavy atom. The second kappa shape index (κ2) is 9.86. The van der Waals surface area contributed by atoms with Gasteiger partial charge in [0, 0.05) is 24.6 Å². The van der Waals surface area contributed by atoms with Crippen LogP contribution in [0.15, 0.2) is 10.5 Å². The molecule has 5 N–H and O–H groups in total. The van der Waals surface area contributed by atoms with Crippen LogP contribution in [0.1, 0.15) is 12.6 Å². The lowest BCUT2D eigenvalue weighted by atomic mass is 10.1. The predicted octanol–water partition coefficient (Wildman–Crippen LogP) is -1.45. The Balaban J connectivity index is 1.88. The quantitative estimate of drug-likeness (QED) is 0.104. The normalized spacial score (nSPS) is 19.1. The minimum Gasteiger partial charge on any atom is -0.389 e. The number of hydrogen-bond donors (Lipinski definition) is 4. The average molecular weight is 467 g/mol. The van der Waals surface area contributed by atoms with E-state index in [0.29, 0.717) is 10.8 Å². The number of rotatable bonds is 10. The standard InChI is InChI=1S/C13H18N6O7S3/c1-7(20)15-2-3-27-12-10(11(22)19(12)29(23,24)25)18-9(21)4-16-26-5-8-6-28-13(14)17-8/h4,6,10,12H,2-3,5H2,1H3,(H2,14,17)(H,15,20)(H,18,21)(H,23,24,25)/b16-4+/t10-,12-/m1/s1. The third-order valence-electron chi connectivity index (χ3n) is 3.34. The van der Waals surface area contributed by atoms with Crippen LogP contribution in [-0.4, -0.2) is 69.9 Å². The van der Waals surface area contributed by atoms with Gasteiger partial charge in [-0.05, 0) is 0 Å². The van der Waals surface area contributed by atoms with Crippen LogP contribution in [0.2, 0.25) is 0 Å². The molecular weight excluding hydrogens is 448 g/mol. The number of thioether (sulfide) groups is 1. The number of carbonyl (C=O) groups is 3. The van der Waals surface area contributed by atoms with Crippen LogP contribution >= 0.6 is 23.1 Å². The lowest BCUT2D eigenvalue weighted by Crippen LogP contribution is -2.70. The van der Waals surface area contributed by atoms with Crippen molar-refractivity contribution >= 4 is 62.5 Å². The second-order valence-corrected chi connectivity index (χ2v) is 8.93. The minimum atomic E-state index is -4.79. The van der Waals surface area contributed by atoms with E-state index < -0.39 is 33.5 Å². The Morgan fingerprint density at radius 2 is 2.28 bits per heavy atom. The highest BCUT2D eigenvalue weighted by Gasteiger charge is 2.54. The van der Waals surface area contributed by atoms with Crippen LogP contribution in [0.25, 0.3) is 0 Å². The van der Waals surface area contributed by atoms with Crippen LogP contribution in [-0.2, 0) is 36.1 Å². The largest absolute Gasteiger partial charge is 0.389 e. The third kappa shape index (κ3) is 6.55. The number of amides is 3. The zero-order valence-corrected chi connectivity index (χ0v) is 17.4. The van der Waals surface area contributed by atoms with E-state index in [1.54, 1.807) is 5.38 Å². The van der Waals surface area contributed by atoms with Crippen LogP contribution in [0.4, 0.5) is 5.13 Å². The van der Waals surface area contributed by atoms with Gasteiger partial charge >= 0.3 is 10.3 Å². The smallest absolute Gasteiger partial charge is 0.363 e. The van der Waals surface area contributed by atoms with Gasteiger partial charge in [0.25, 0.3) is 11.8 Å². The number of nitrogens with one attached hydrogen (secondary N) is 2. The van der Waals surface area contributed by atoms with Crippen molar-refractivity contribution in [3.8, 4) is 0 Å². The van der Waals surface area contributed by atoms with Crippen molar-refractivity contribution in [3.05, 3.63) is 11.1 Å². The van der Waals surface area contributed by atoms with E-state index in [1.165, 1.54) is 18.3 Å². The zero-order valence-electron chi connectivity index (χ0n) is 15.0. The van der Waals surface area contributed by atoms with Gasteiger partial charge in [0.15, 0.2) is 11.7 Å². The first-order chi connectivity index (χ1) is 13.6. The maximum atomic E-state index is 12.0. The Morgan fingerprint density at radius 3 is 2.86 bits per heavy atom. The summed E-state index contributed by atoms with van der Waals surface area (Å²) in [6.45, 7) is 1.51. The number of β-lactam (4-membered cyclic amide) rings is 1. The van der Waals surface area contributed by atoms with E-state index in [1.807, 2.05) is 0 Å². The average Bonchev–Trinajstić information content (AvgIpc) is 3.03. The fourth-order valence-electron chi connectivity index (χ4n) is 2.15. The third-order valence-corrected chi connectivity index (χ3v) is 6.36. The van der Waals surface area contributed by atoms with Gasteiger partial charge in [-0.3, -0.25) is 18.9 Å². The van der Waals surface area contributed by atoms with Crippen molar-refractivity contribution in [2.24, 2.45) is 5.16 Å². The van der Waals surface area contributed by atoms with E-state index in [-0.39, 0.29) is 29.1 Å². The number of hydrogen-bond acceptors (Lipinski definition) is 11. The molecule has 29 heavy (non-hydrogen) atoms. The SMILES string of the molecule is CC(=O)NCCS[C@@H]1[C@H](NC(=O)/C=N/OCc2csc(N)n2)C(=O)N1S(=O)(=O)O. The summed E-state index contributed by atoms with van der Waals surface area (Å²) < 4.78 is 32.2. The zero-order chi connectivity index (χ0) is 21.6. The molecule has 1 aliphatic heterocycles. The summed E-state index contributed by atoms with van der Waals surface area (Å²) in [5.74, 6) is -1.83. The number of nitrogens with zero attached hydrogens (tertiary/aromatic N) is 3. The molecule has 2 rings (SSSR count). The Hall–Kier alpha value is -2.43. The fourth-order valence-corrected chi connectivity index (χ4v) is 5.01. The summed E-state index contributed by atoms with van der Waals surface area (Å²) in [5.41, 5.74) is 5.99. The molecule has 1 aromatic heterocycles. The first-order valence-corrected chi connectivity index (χ1v) is 11.2. The molecule has 1 aromatic rings. The van der Waals surface area contributed by atoms with E-state index >= 15 is 0 Å². The maximum Gasteiger partial charge on any atom is 0.363 e. The molecule has 13 nitrogen and oxygen atoms in total. The molecule has 1 saturated heterocycles. The van der Waals surface area contributed by atoms with Gasteiger partial charge in [0.1, 0.15) is 17.6 Å². The van der Waals surface area contributed by atoms with Crippen LogP contribution in [0.3, 0.4) is 0 Å². The van der Waals surface area contributed by atoms with Crippen LogP contribution in [0.5, 0.6) is 0 Å². The van der Waals surface area contributed by atoms with Crippen LogP contribution in [0, 0.1) is 0 Å². The van der Waals surface area contributed by atoms with E-state index in [0.717, 1.165) is 18.0 Å². The molecule has 1 fully saturated rings. The highest BCUT2D eigenvalue weighted by Crippen LogP contribution is 2.32. The summed E-state index contributed by atoms with van der Waals surface area (Å²) in [4.78, 5) is 43.6. The number of nitrogen functional groups attached to an aromatic ring is 1. The van der Waals surface area contributed by atoms with Gasteiger partial charge in [-0.25, -0.2) is 4.98 Å². The molecule has 16 heteroatoms. The van der Waals surface area contributed by atoms with Gasteiger partial charge in [0.05, 0.1) is 5.69 Å². The van der Waals surface area contributed by atoms with Crippen molar-refractivity contribution in [2.45, 2.75) is 24.9 Å². The molecule has 2 heterocycles. The molecule has 3 amide bonds. The predicted molar refractivity (Wildman–Crippen MR) is 105 cm³/mol. The van der Waals surface area contributed by atoms with Gasteiger partial charge in [0.2, 0.25) is 5.91 Å². The van der Waals surface area contributed by atoms with Gasteiger partial charge in [-0.2, -0.15) is 12.7 Å². The molecule has 0 saturated carbocycles. The Bertz CT molecular complexity index is 902. The summed E-state index contributed by atoms with van der Waals surface area (Å²) in [5, 5.41) is 9.19. The molecule has 1 aliphatic rings. The highest BCUT2D eigenvalue weighted by atomic mass is 32.2. The molecule has 0 radical (unpaired) electrons. The Labute approximate surface area is 173 Å². The highest BCUT2D eigenvalue weighted by molar-refractivity contribution is 8.00. The van der Waals surface area contributed by atoms with Gasteiger partial charge in [-0.1, -0.05) is 5.16 Å². The van der Waals surface area contributed by atoms with Gasteiger partial charge < -0.3 is 21.2 Å². The number of carbonyl (C=O) groups excluding carboxylic acids is 3. The molecule has 0 unspecified atom stereocenters. The minimum absolute atomic E-state index is 0.0159. The second-order valence-electron chi connectivity index (χ2n) is 5.53. The number of anilines is 1. The summed E-state index contributed by atoms with van der Waals surface area (Å²) in [6, 6.07) is -1.20. The monoisotopic (exact) mass is 466 g/mol. The van der Waals surface area contributed by atoms with Gasteiger partial charge in [-0.15, -0.1) is 23.1 Å². The molecule has 0 spiro atoms. The van der Waals surface area contributed by atoms with Crippen molar-refractivity contribution in [1.29, 1.82) is 0 Å². The molecule has 0 bridgehead atoms. The summed E-state index contributed by atoms with van der Waals surface area (Å²) >= 11 is 2.18. The first-order valence-electron chi connectivity index (χ1n) is 7.92. The molecule has 160 valence electrons. The van der Waals surface area contributed by atoms with Crippen molar-refractivity contribution < 1.29 is 32.2 Å². The lowest BCUT2D eigenvalue weighted by molar-refractivity contribution is -0.140. The van der Waals surface area contributed by atoms with Crippen LogP contribution < -0.4 is 16.4 Å². The molecule has 2 atom stereocenters. The fraction of sp³-hybridized carbons (Fsp3) is 0.462. The van der Waals surface area contributed by atoms with E-state index in [9.17, 15) is 27.4 Å². The lowest BCUT2D eigenvalue weighted by Gasteiger charge is -2.43. The molecular formula is C13H18N6O7S3. The van der Waals surface area contributed by atoms with Crippen molar-refractivity contribution in [2.75, 3.05) is 18.0 Å². The first kappa shape index (κ1) is 22.9. The van der Waals surface area contributed by atoms with E-state index in [2.05, 4.69) is 20.8 Å². The van der Waals surface area contributed by atoms with Crippen molar-refractivity contribution in [1.82, 2.24) is 19.9 Å². The topological polar surface area (TPSA) is 193 Å². The number of thiazole rings is 1. The number of aromatic nitrogens is 1. The maximum absolute atomic E-state index is 12.0. The van der Waals surface area contributed by atoms with E-state index in [4.69, 9.17) is 10.6 Å². The summed E-state index contributed by atoms with van der Waals surface area (Å²) in [7, 11) is -4.79. The number of oxime groups is 1. The molecule has 0 aliphatic carbocycles. The number of nitrogens with two attached hydrogens (primary N) is 1. The summed E-state index contributed by atoms with van der Waals surface area (Å²) in [6.07, 6.45) is 0.776. The Kier molecular flexibility index (Phi) is 7.77. The molecule has 0 aromatic carbocycles.